The van der Waals surface area contributed by atoms with Crippen molar-refractivity contribution in [1.82, 2.24) is 4.72 Å². The van der Waals surface area contributed by atoms with Crippen LogP contribution in [-0.2, 0) is 19.6 Å². The molecule has 1 heterocycles. The van der Waals surface area contributed by atoms with Crippen LogP contribution in [0.25, 0.3) is 0 Å². The highest BCUT2D eigenvalue weighted by molar-refractivity contribution is 7.89. The van der Waals surface area contributed by atoms with Gasteiger partial charge < -0.3 is 15.2 Å². The molecular formula is C13H18N2O5S. The van der Waals surface area contributed by atoms with Crippen LogP contribution >= 0.6 is 0 Å². The van der Waals surface area contributed by atoms with Crippen LogP contribution < -0.4 is 10.0 Å². The topological polar surface area (TPSA) is 105 Å². The second-order valence-electron chi connectivity index (χ2n) is 4.92. The van der Waals surface area contributed by atoms with Crippen molar-refractivity contribution >= 4 is 21.6 Å². The van der Waals surface area contributed by atoms with Crippen LogP contribution in [0.15, 0.2) is 23.1 Å². The quantitative estimate of drug-likeness (QED) is 0.687. The lowest BCUT2D eigenvalue weighted by Crippen LogP contribution is -2.34. The fourth-order valence-corrected chi connectivity index (χ4v) is 3.21. The van der Waals surface area contributed by atoms with E-state index in [2.05, 4.69) is 10.0 Å². The number of hydrogen-bond donors (Lipinski definition) is 3. The lowest BCUT2D eigenvalue weighted by molar-refractivity contribution is -0.116. The summed E-state index contributed by atoms with van der Waals surface area (Å²) in [5, 5.41) is 12.2. The monoisotopic (exact) mass is 314 g/mol. The molecular weight excluding hydrogens is 296 g/mol. The maximum atomic E-state index is 12.2. The zero-order valence-electron chi connectivity index (χ0n) is 11.8. The van der Waals surface area contributed by atoms with Crippen molar-refractivity contribution in [2.24, 2.45) is 0 Å². The lowest BCUT2D eigenvalue weighted by atomic mass is 10.0. The molecule has 116 valence electrons. The predicted octanol–water partition coefficient (Wildman–Crippen LogP) is 0.0278. The summed E-state index contributed by atoms with van der Waals surface area (Å²) in [5.41, 5.74) is 1.28. The molecule has 2 unspecified atom stereocenters. The maximum Gasteiger partial charge on any atom is 0.240 e. The summed E-state index contributed by atoms with van der Waals surface area (Å²) in [5.74, 6) is -0.530. The van der Waals surface area contributed by atoms with E-state index in [0.717, 1.165) is 0 Å². The molecule has 1 amide bonds. The summed E-state index contributed by atoms with van der Waals surface area (Å²) in [6.45, 7) is 1.62. The maximum absolute atomic E-state index is 12.2. The number of fused-ring (bicyclic) bond motifs is 1. The van der Waals surface area contributed by atoms with Gasteiger partial charge in [-0.2, -0.15) is 0 Å². The molecule has 1 aromatic carbocycles. The molecule has 1 aliphatic rings. The number of carbonyl (C=O) groups is 1. The van der Waals surface area contributed by atoms with Gasteiger partial charge in [0.15, 0.2) is 0 Å². The number of anilines is 1. The highest BCUT2D eigenvalue weighted by Gasteiger charge is 2.28. The Morgan fingerprint density at radius 3 is 2.86 bits per heavy atom. The molecule has 0 aliphatic carbocycles. The van der Waals surface area contributed by atoms with Crippen molar-refractivity contribution < 1.29 is 23.1 Å². The second-order valence-corrected chi connectivity index (χ2v) is 6.69. The number of aliphatic hydroxyl groups excluding tert-OH is 1. The molecule has 1 aromatic rings. The van der Waals surface area contributed by atoms with Gasteiger partial charge in [0.2, 0.25) is 15.9 Å². The van der Waals surface area contributed by atoms with Gasteiger partial charge >= 0.3 is 0 Å². The first-order chi connectivity index (χ1) is 9.85. The number of nitrogens with one attached hydrogen (secondary N) is 2. The summed E-state index contributed by atoms with van der Waals surface area (Å²) < 4.78 is 31.4. The van der Waals surface area contributed by atoms with Crippen molar-refractivity contribution in [3.63, 3.8) is 0 Å². The Morgan fingerprint density at radius 2 is 2.19 bits per heavy atom. The van der Waals surface area contributed by atoms with Gasteiger partial charge in [0.25, 0.3) is 0 Å². The molecule has 0 fully saturated rings. The van der Waals surface area contributed by atoms with Crippen molar-refractivity contribution in [1.29, 1.82) is 0 Å². The molecule has 0 aromatic heterocycles. The Balaban J connectivity index is 2.17. The standard InChI is InChI=1S/C13H18N2O5S/c1-8-11-5-10(3-4-12(11)15-13(8)17)21(18,19)14-6-9(16)7-20-2/h3-5,8-9,14,16H,6-7H2,1-2H3,(H,15,17). The van der Waals surface area contributed by atoms with Crippen molar-refractivity contribution in [2.45, 2.75) is 23.8 Å². The molecule has 21 heavy (non-hydrogen) atoms. The smallest absolute Gasteiger partial charge is 0.240 e. The third kappa shape index (κ3) is 3.41. The average molecular weight is 314 g/mol. The third-order valence-corrected chi connectivity index (χ3v) is 4.74. The number of ether oxygens (including phenoxy) is 1. The third-order valence-electron chi connectivity index (χ3n) is 3.32. The van der Waals surface area contributed by atoms with Crippen LogP contribution in [0.2, 0.25) is 0 Å². The number of rotatable bonds is 6. The van der Waals surface area contributed by atoms with E-state index in [1.165, 1.54) is 19.2 Å². The van der Waals surface area contributed by atoms with Crippen LogP contribution in [-0.4, -0.2) is 45.8 Å². The van der Waals surface area contributed by atoms with Crippen molar-refractivity contribution in [3.05, 3.63) is 23.8 Å². The molecule has 0 spiro atoms. The SMILES string of the molecule is COCC(O)CNS(=O)(=O)c1ccc2c(c1)C(C)C(=O)N2. The number of benzene rings is 1. The Bertz CT molecular complexity index is 644. The van der Waals surface area contributed by atoms with E-state index >= 15 is 0 Å². The van der Waals surface area contributed by atoms with Crippen LogP contribution in [0.1, 0.15) is 18.4 Å². The highest BCUT2D eigenvalue weighted by atomic mass is 32.2. The van der Waals surface area contributed by atoms with Gasteiger partial charge in [-0.1, -0.05) is 0 Å². The predicted molar refractivity (Wildman–Crippen MR) is 76.6 cm³/mol. The summed E-state index contributed by atoms with van der Waals surface area (Å²) in [4.78, 5) is 11.6. The number of hydrogen-bond acceptors (Lipinski definition) is 5. The van der Waals surface area contributed by atoms with E-state index in [9.17, 15) is 18.3 Å². The lowest BCUT2D eigenvalue weighted by Gasteiger charge is -2.12. The normalized spacial score (nSPS) is 19.2. The minimum absolute atomic E-state index is 0.0438. The van der Waals surface area contributed by atoms with Crippen LogP contribution in [0.4, 0.5) is 5.69 Å². The van der Waals surface area contributed by atoms with Crippen molar-refractivity contribution in [3.8, 4) is 0 Å². The number of aliphatic hydroxyl groups is 1. The summed E-state index contributed by atoms with van der Waals surface area (Å²) in [7, 11) is -2.32. The molecule has 2 atom stereocenters. The second kappa shape index (κ2) is 6.10. The Labute approximate surface area is 123 Å². The molecule has 8 heteroatoms. The van der Waals surface area contributed by atoms with Crippen LogP contribution in [0.5, 0.6) is 0 Å². The van der Waals surface area contributed by atoms with E-state index in [-0.39, 0.29) is 29.9 Å². The fourth-order valence-electron chi connectivity index (χ4n) is 2.10. The fraction of sp³-hybridized carbons (Fsp3) is 0.462. The van der Waals surface area contributed by atoms with Gasteiger partial charge in [-0.25, -0.2) is 13.1 Å². The average Bonchev–Trinajstić information content (AvgIpc) is 2.72. The zero-order valence-corrected chi connectivity index (χ0v) is 12.6. The summed E-state index contributed by atoms with van der Waals surface area (Å²) in [6, 6.07) is 4.46. The van der Waals surface area contributed by atoms with Crippen LogP contribution in [0, 0.1) is 0 Å². The molecule has 7 nitrogen and oxygen atoms in total. The zero-order chi connectivity index (χ0) is 15.6. The van der Waals surface area contributed by atoms with Crippen molar-refractivity contribution in [2.75, 3.05) is 25.6 Å². The van der Waals surface area contributed by atoms with Gasteiger partial charge in [0.05, 0.1) is 23.5 Å². The molecule has 2 rings (SSSR count). The number of sulfonamides is 1. The summed E-state index contributed by atoms with van der Waals surface area (Å²) >= 11 is 0. The first kappa shape index (κ1) is 15.9. The minimum atomic E-state index is -3.74. The largest absolute Gasteiger partial charge is 0.389 e. The van der Waals surface area contributed by atoms with Gasteiger partial charge in [-0.3, -0.25) is 4.79 Å². The number of amides is 1. The first-order valence-electron chi connectivity index (χ1n) is 6.46. The van der Waals surface area contributed by atoms with E-state index in [1.54, 1.807) is 13.0 Å². The highest BCUT2D eigenvalue weighted by Crippen LogP contribution is 2.33. The molecule has 1 aliphatic heterocycles. The van der Waals surface area contributed by atoms with E-state index in [0.29, 0.717) is 11.3 Å². The molecule has 0 saturated carbocycles. The summed E-state index contributed by atoms with van der Waals surface area (Å²) in [6.07, 6.45) is -0.915. The Kier molecular flexibility index (Phi) is 4.62. The van der Waals surface area contributed by atoms with E-state index in [1.807, 2.05) is 0 Å². The molecule has 0 bridgehead atoms. The molecule has 3 N–H and O–H groups in total. The van der Waals surface area contributed by atoms with Gasteiger partial charge in [-0.05, 0) is 30.7 Å². The van der Waals surface area contributed by atoms with Crippen LogP contribution in [0.3, 0.4) is 0 Å². The first-order valence-corrected chi connectivity index (χ1v) is 7.95. The molecule has 0 radical (unpaired) electrons. The van der Waals surface area contributed by atoms with Gasteiger partial charge in [-0.15, -0.1) is 0 Å². The Morgan fingerprint density at radius 1 is 1.48 bits per heavy atom. The van der Waals surface area contributed by atoms with E-state index < -0.39 is 16.1 Å². The van der Waals surface area contributed by atoms with Gasteiger partial charge in [0, 0.05) is 19.3 Å². The minimum Gasteiger partial charge on any atom is -0.389 e. The van der Waals surface area contributed by atoms with Gasteiger partial charge in [0.1, 0.15) is 0 Å². The number of methoxy groups -OCH3 is 1. The number of carbonyl (C=O) groups excluding carboxylic acids is 1. The Hall–Kier alpha value is -1.48. The molecule has 0 saturated heterocycles. The van der Waals surface area contributed by atoms with E-state index in [4.69, 9.17) is 4.74 Å².